The Balaban J connectivity index is 1.57. The molecule has 6 heteroatoms. The number of hydrogen-bond acceptors (Lipinski definition) is 4. The van der Waals surface area contributed by atoms with Gasteiger partial charge in [0.05, 0.1) is 12.8 Å². The molecular weight excluding hydrogens is 328 g/mol. The summed E-state index contributed by atoms with van der Waals surface area (Å²) in [6.45, 7) is 3.02. The first-order chi connectivity index (χ1) is 12.6. The summed E-state index contributed by atoms with van der Waals surface area (Å²) in [4.78, 5) is 18.8. The van der Waals surface area contributed by atoms with E-state index < -0.39 is 0 Å². The molecule has 1 saturated heterocycles. The molecular formula is C20H26N4O2. The summed E-state index contributed by atoms with van der Waals surface area (Å²) < 4.78 is 5.29. The number of amides is 2. The summed E-state index contributed by atoms with van der Waals surface area (Å²) >= 11 is 0. The molecule has 138 valence electrons. The van der Waals surface area contributed by atoms with Gasteiger partial charge in [0.25, 0.3) is 0 Å². The zero-order valence-corrected chi connectivity index (χ0v) is 15.6. The van der Waals surface area contributed by atoms with Crippen LogP contribution in [0.25, 0.3) is 0 Å². The minimum absolute atomic E-state index is 0.0860. The van der Waals surface area contributed by atoms with Gasteiger partial charge in [-0.05, 0) is 36.4 Å². The molecule has 2 amide bonds. The van der Waals surface area contributed by atoms with Crippen molar-refractivity contribution in [2.75, 3.05) is 62.5 Å². The van der Waals surface area contributed by atoms with Crippen LogP contribution in [-0.4, -0.2) is 58.3 Å². The third-order valence-corrected chi connectivity index (χ3v) is 4.65. The average Bonchev–Trinajstić information content (AvgIpc) is 2.68. The summed E-state index contributed by atoms with van der Waals surface area (Å²) in [5.74, 6) is 0.667. The number of nitrogens with one attached hydrogen (secondary N) is 1. The highest BCUT2D eigenvalue weighted by Crippen LogP contribution is 2.24. The molecule has 0 aromatic heterocycles. The van der Waals surface area contributed by atoms with Gasteiger partial charge in [0.1, 0.15) is 5.75 Å². The largest absolute Gasteiger partial charge is 0.495 e. The second-order valence-electron chi connectivity index (χ2n) is 6.52. The van der Waals surface area contributed by atoms with E-state index in [1.807, 2.05) is 43.3 Å². The van der Waals surface area contributed by atoms with E-state index in [-0.39, 0.29) is 6.03 Å². The maximum Gasteiger partial charge on any atom is 0.322 e. The Morgan fingerprint density at radius 1 is 1.00 bits per heavy atom. The van der Waals surface area contributed by atoms with Gasteiger partial charge in [0.15, 0.2) is 0 Å². The first kappa shape index (κ1) is 17.9. The van der Waals surface area contributed by atoms with Crippen LogP contribution in [-0.2, 0) is 0 Å². The van der Waals surface area contributed by atoms with Crippen molar-refractivity contribution in [2.45, 2.75) is 0 Å². The third-order valence-electron chi connectivity index (χ3n) is 4.65. The van der Waals surface area contributed by atoms with Gasteiger partial charge in [0.2, 0.25) is 0 Å². The number of hydrogen-bond donors (Lipinski definition) is 1. The van der Waals surface area contributed by atoms with Gasteiger partial charge >= 0.3 is 6.03 Å². The molecule has 1 fully saturated rings. The number of benzene rings is 2. The Morgan fingerprint density at radius 2 is 1.65 bits per heavy atom. The number of ether oxygens (including phenoxy) is 1. The predicted octanol–water partition coefficient (Wildman–Crippen LogP) is 3.12. The smallest absolute Gasteiger partial charge is 0.322 e. The van der Waals surface area contributed by atoms with Gasteiger partial charge in [-0.3, -0.25) is 0 Å². The Hall–Kier alpha value is -2.89. The van der Waals surface area contributed by atoms with Crippen molar-refractivity contribution in [3.63, 3.8) is 0 Å². The number of anilines is 3. The van der Waals surface area contributed by atoms with E-state index in [2.05, 4.69) is 39.4 Å². The highest BCUT2D eigenvalue weighted by Gasteiger charge is 2.22. The minimum Gasteiger partial charge on any atom is -0.495 e. The second kappa shape index (κ2) is 7.99. The lowest BCUT2D eigenvalue weighted by atomic mass is 10.2. The van der Waals surface area contributed by atoms with E-state index in [9.17, 15) is 4.79 Å². The zero-order chi connectivity index (χ0) is 18.5. The number of methoxy groups -OCH3 is 1. The van der Waals surface area contributed by atoms with Crippen LogP contribution in [0, 0.1) is 0 Å². The molecule has 0 bridgehead atoms. The molecule has 26 heavy (non-hydrogen) atoms. The van der Waals surface area contributed by atoms with Crippen molar-refractivity contribution in [3.05, 3.63) is 48.5 Å². The number of urea groups is 1. The number of para-hydroxylation sites is 2. The normalized spacial score (nSPS) is 14.1. The molecule has 0 aliphatic carbocycles. The van der Waals surface area contributed by atoms with Crippen LogP contribution in [0.1, 0.15) is 0 Å². The maximum atomic E-state index is 12.5. The summed E-state index contributed by atoms with van der Waals surface area (Å²) in [7, 11) is 5.67. The fourth-order valence-electron chi connectivity index (χ4n) is 3.07. The SMILES string of the molecule is COc1ccccc1NC(=O)N1CCN(c2ccc(N(C)C)cc2)CC1. The molecule has 2 aromatic rings. The number of rotatable bonds is 4. The van der Waals surface area contributed by atoms with Gasteiger partial charge in [-0.2, -0.15) is 0 Å². The lowest BCUT2D eigenvalue weighted by molar-refractivity contribution is 0.208. The van der Waals surface area contributed by atoms with E-state index in [1.54, 1.807) is 7.11 Å². The first-order valence-electron chi connectivity index (χ1n) is 8.80. The number of nitrogens with zero attached hydrogens (tertiary/aromatic N) is 3. The molecule has 1 N–H and O–H groups in total. The molecule has 0 atom stereocenters. The van der Waals surface area contributed by atoms with Crippen molar-refractivity contribution in [2.24, 2.45) is 0 Å². The maximum absolute atomic E-state index is 12.5. The Labute approximate surface area is 155 Å². The standard InChI is InChI=1S/C20H26N4O2/c1-22(2)16-8-10-17(11-9-16)23-12-14-24(15-13-23)20(25)21-18-6-4-5-7-19(18)26-3/h4-11H,12-15H2,1-3H3,(H,21,25). The van der Waals surface area contributed by atoms with E-state index >= 15 is 0 Å². The first-order valence-corrected chi connectivity index (χ1v) is 8.80. The zero-order valence-electron chi connectivity index (χ0n) is 15.6. The molecule has 1 heterocycles. The predicted molar refractivity (Wildman–Crippen MR) is 107 cm³/mol. The molecule has 2 aromatic carbocycles. The molecule has 0 spiro atoms. The van der Waals surface area contributed by atoms with Crippen molar-refractivity contribution >= 4 is 23.1 Å². The second-order valence-corrected chi connectivity index (χ2v) is 6.52. The van der Waals surface area contributed by atoms with Crippen LogP contribution < -0.4 is 19.9 Å². The van der Waals surface area contributed by atoms with Gasteiger partial charge in [-0.15, -0.1) is 0 Å². The van der Waals surface area contributed by atoms with Crippen molar-refractivity contribution in [1.82, 2.24) is 4.90 Å². The van der Waals surface area contributed by atoms with Crippen molar-refractivity contribution in [3.8, 4) is 5.75 Å². The summed E-state index contributed by atoms with van der Waals surface area (Å²) in [6, 6.07) is 15.9. The third kappa shape index (κ3) is 4.02. The lowest BCUT2D eigenvalue weighted by Gasteiger charge is -2.36. The molecule has 0 radical (unpaired) electrons. The van der Waals surface area contributed by atoms with Crippen molar-refractivity contribution in [1.29, 1.82) is 0 Å². The Kier molecular flexibility index (Phi) is 5.51. The van der Waals surface area contributed by atoms with Crippen LogP contribution >= 0.6 is 0 Å². The monoisotopic (exact) mass is 354 g/mol. The van der Waals surface area contributed by atoms with Gasteiger partial charge in [0, 0.05) is 51.6 Å². The summed E-state index contributed by atoms with van der Waals surface area (Å²) in [6.07, 6.45) is 0. The van der Waals surface area contributed by atoms with E-state index in [4.69, 9.17) is 4.74 Å². The van der Waals surface area contributed by atoms with Crippen LogP contribution in [0.5, 0.6) is 5.75 Å². The molecule has 0 unspecified atom stereocenters. The number of piperazine rings is 1. The van der Waals surface area contributed by atoms with Crippen molar-refractivity contribution < 1.29 is 9.53 Å². The Morgan fingerprint density at radius 3 is 2.27 bits per heavy atom. The van der Waals surface area contributed by atoms with Crippen LogP contribution in [0.15, 0.2) is 48.5 Å². The van der Waals surface area contributed by atoms with E-state index in [0.29, 0.717) is 24.5 Å². The van der Waals surface area contributed by atoms with E-state index in [0.717, 1.165) is 13.1 Å². The summed E-state index contributed by atoms with van der Waals surface area (Å²) in [5.41, 5.74) is 3.07. The fourth-order valence-corrected chi connectivity index (χ4v) is 3.07. The Bertz CT molecular complexity index is 738. The van der Waals surface area contributed by atoms with Crippen LogP contribution in [0.4, 0.5) is 21.9 Å². The molecule has 0 saturated carbocycles. The highest BCUT2D eigenvalue weighted by atomic mass is 16.5. The average molecular weight is 354 g/mol. The van der Waals surface area contributed by atoms with E-state index in [1.165, 1.54) is 11.4 Å². The quantitative estimate of drug-likeness (QED) is 0.916. The fraction of sp³-hybridized carbons (Fsp3) is 0.350. The topological polar surface area (TPSA) is 48.1 Å². The minimum atomic E-state index is -0.0860. The highest BCUT2D eigenvalue weighted by molar-refractivity contribution is 5.91. The van der Waals surface area contributed by atoms with Crippen LogP contribution in [0.2, 0.25) is 0 Å². The van der Waals surface area contributed by atoms with Crippen LogP contribution in [0.3, 0.4) is 0 Å². The number of carbonyl (C=O) groups excluding carboxylic acids is 1. The molecule has 1 aliphatic rings. The lowest BCUT2D eigenvalue weighted by Crippen LogP contribution is -2.50. The van der Waals surface area contributed by atoms with Gasteiger partial charge < -0.3 is 24.8 Å². The van der Waals surface area contributed by atoms with Gasteiger partial charge in [-0.1, -0.05) is 12.1 Å². The molecule has 6 nitrogen and oxygen atoms in total. The molecule has 1 aliphatic heterocycles. The summed E-state index contributed by atoms with van der Waals surface area (Å²) in [5, 5.41) is 2.94. The number of carbonyl (C=O) groups is 1. The van der Waals surface area contributed by atoms with Gasteiger partial charge in [-0.25, -0.2) is 4.79 Å². The molecule has 3 rings (SSSR count).